The summed E-state index contributed by atoms with van der Waals surface area (Å²) in [5.41, 5.74) is -2.58. The average molecular weight is 470 g/mol. The molecule has 0 aromatic heterocycles. The lowest BCUT2D eigenvalue weighted by atomic mass is 10.1. The van der Waals surface area contributed by atoms with Crippen LogP contribution in [-0.2, 0) is 13.1 Å². The number of nitrogens with zero attached hydrogens (tertiary/aromatic N) is 1. The molecule has 2 rings (SSSR count). The number of benzene rings is 2. The largest absolute Gasteiger partial charge is 0.294 e. The summed E-state index contributed by atoms with van der Waals surface area (Å²) in [5.74, 6) is -22.2. The first-order chi connectivity index (χ1) is 13.5. The molecule has 0 spiro atoms. The van der Waals surface area contributed by atoms with Crippen LogP contribution in [0, 0.1) is 58.2 Å². The summed E-state index contributed by atoms with van der Waals surface area (Å²) in [7, 11) is 0. The lowest BCUT2D eigenvalue weighted by molar-refractivity contribution is 0.229. The second kappa shape index (κ2) is 10.3. The van der Waals surface area contributed by atoms with Crippen molar-refractivity contribution in [2.75, 3.05) is 6.54 Å². The average Bonchev–Trinajstić information content (AvgIpc) is 2.71. The van der Waals surface area contributed by atoms with E-state index in [0.29, 0.717) is 6.42 Å². The first kappa shape index (κ1) is 26.0. The van der Waals surface area contributed by atoms with Gasteiger partial charge in [0.2, 0.25) is 11.6 Å². The van der Waals surface area contributed by atoms with E-state index in [2.05, 4.69) is 0 Å². The maximum absolute atomic E-state index is 13.9. The van der Waals surface area contributed by atoms with Gasteiger partial charge in [-0.2, -0.15) is 0 Å². The Labute approximate surface area is 170 Å². The molecule has 1 nitrogen and oxygen atoms in total. The molecule has 0 aliphatic carbocycles. The van der Waals surface area contributed by atoms with Crippen LogP contribution >= 0.6 is 12.4 Å². The Morgan fingerprint density at radius 3 is 1.03 bits per heavy atom. The predicted molar refractivity (Wildman–Crippen MR) is 88.7 cm³/mol. The molecule has 0 atom stereocenters. The number of hydrogen-bond acceptors (Lipinski definition) is 1. The van der Waals surface area contributed by atoms with E-state index in [1.54, 1.807) is 6.92 Å². The highest BCUT2D eigenvalue weighted by Gasteiger charge is 2.29. The quantitative estimate of drug-likeness (QED) is 0.261. The molecule has 0 radical (unpaired) electrons. The molecule has 2 aromatic carbocycles. The summed E-state index contributed by atoms with van der Waals surface area (Å²) >= 11 is 0. The van der Waals surface area contributed by atoms with Gasteiger partial charge in [0.25, 0.3) is 0 Å². The van der Waals surface area contributed by atoms with Gasteiger partial charge in [-0.15, -0.1) is 12.4 Å². The summed E-state index contributed by atoms with van der Waals surface area (Å²) in [6.07, 6.45) is 0.690. The minimum absolute atomic E-state index is 0. The molecular formula is C18H14ClF10N. The molecule has 0 saturated heterocycles. The second-order valence-electron chi connectivity index (χ2n) is 6.16. The van der Waals surface area contributed by atoms with Crippen LogP contribution in [0.2, 0.25) is 0 Å². The topological polar surface area (TPSA) is 3.24 Å². The Hall–Kier alpha value is -2.01. The van der Waals surface area contributed by atoms with Gasteiger partial charge in [0.1, 0.15) is 0 Å². The monoisotopic (exact) mass is 469 g/mol. The molecule has 0 bridgehead atoms. The van der Waals surface area contributed by atoms with Gasteiger partial charge in [0.05, 0.1) is 0 Å². The Morgan fingerprint density at radius 1 is 0.500 bits per heavy atom. The number of hydrogen-bond donors (Lipinski definition) is 0. The Morgan fingerprint density at radius 2 is 0.767 bits per heavy atom. The third-order valence-corrected chi connectivity index (χ3v) is 4.19. The molecule has 0 N–H and O–H groups in total. The van der Waals surface area contributed by atoms with Crippen LogP contribution < -0.4 is 0 Å². The lowest BCUT2D eigenvalue weighted by Gasteiger charge is -2.24. The molecule has 168 valence electrons. The maximum atomic E-state index is 13.9. The zero-order valence-corrected chi connectivity index (χ0v) is 16.0. The highest BCUT2D eigenvalue weighted by atomic mass is 35.5. The van der Waals surface area contributed by atoms with Gasteiger partial charge in [0, 0.05) is 24.2 Å². The van der Waals surface area contributed by atoms with E-state index in [1.807, 2.05) is 0 Å². The number of unbranched alkanes of at least 4 members (excludes halogenated alkanes) is 1. The molecule has 0 heterocycles. The molecule has 0 saturated carbocycles. The third kappa shape index (κ3) is 4.83. The predicted octanol–water partition coefficient (Wildman–Crippen LogP) is 6.30. The number of rotatable bonds is 7. The Bertz CT molecular complexity index is 805. The Balaban J connectivity index is 0.00000450. The molecule has 0 unspecified atom stereocenters. The minimum Gasteiger partial charge on any atom is -0.294 e. The van der Waals surface area contributed by atoms with E-state index in [-0.39, 0.29) is 25.4 Å². The molecule has 30 heavy (non-hydrogen) atoms. The van der Waals surface area contributed by atoms with Gasteiger partial charge in [0.15, 0.2) is 46.5 Å². The summed E-state index contributed by atoms with van der Waals surface area (Å²) < 4.78 is 135. The van der Waals surface area contributed by atoms with E-state index in [9.17, 15) is 43.9 Å². The van der Waals surface area contributed by atoms with E-state index < -0.39 is 82.4 Å². The van der Waals surface area contributed by atoms with Crippen molar-refractivity contribution in [3.8, 4) is 0 Å². The van der Waals surface area contributed by atoms with Crippen LogP contribution in [-0.4, -0.2) is 11.4 Å². The van der Waals surface area contributed by atoms with Crippen molar-refractivity contribution in [2.45, 2.75) is 32.9 Å². The zero-order valence-electron chi connectivity index (χ0n) is 15.2. The fourth-order valence-electron chi connectivity index (χ4n) is 2.62. The minimum atomic E-state index is -2.39. The fourth-order valence-corrected chi connectivity index (χ4v) is 2.62. The Kier molecular flexibility index (Phi) is 8.97. The van der Waals surface area contributed by atoms with Gasteiger partial charge >= 0.3 is 0 Å². The molecular weight excluding hydrogens is 456 g/mol. The molecule has 0 fully saturated rings. The van der Waals surface area contributed by atoms with Crippen LogP contribution in [0.1, 0.15) is 30.9 Å². The van der Waals surface area contributed by atoms with E-state index in [1.165, 1.54) is 0 Å². The van der Waals surface area contributed by atoms with Crippen LogP contribution in [0.3, 0.4) is 0 Å². The highest BCUT2D eigenvalue weighted by molar-refractivity contribution is 5.85. The molecule has 2 aromatic rings. The smallest absolute Gasteiger partial charge is 0.200 e. The van der Waals surface area contributed by atoms with Gasteiger partial charge in [-0.1, -0.05) is 13.3 Å². The molecule has 0 amide bonds. The normalized spacial score (nSPS) is 11.2. The highest BCUT2D eigenvalue weighted by Crippen LogP contribution is 2.27. The zero-order chi connectivity index (χ0) is 22.0. The van der Waals surface area contributed by atoms with Crippen molar-refractivity contribution < 1.29 is 43.9 Å². The van der Waals surface area contributed by atoms with E-state index in [4.69, 9.17) is 0 Å². The standard InChI is InChI=1S/C18H13F10N.ClH/c1-2-3-4-29(5-7-9(19)13(23)17(27)14(24)10(7)20)6-8-11(21)15(25)18(28)16(26)12(8)22;/h2-6H2,1H3;1H. The summed E-state index contributed by atoms with van der Waals surface area (Å²) in [6.45, 7) is -0.568. The molecule has 0 aliphatic heterocycles. The first-order valence-electron chi connectivity index (χ1n) is 8.25. The van der Waals surface area contributed by atoms with Crippen molar-refractivity contribution in [1.82, 2.24) is 4.90 Å². The van der Waals surface area contributed by atoms with Crippen LogP contribution in [0.4, 0.5) is 43.9 Å². The molecule has 0 aliphatic rings. The van der Waals surface area contributed by atoms with Crippen molar-refractivity contribution in [3.05, 3.63) is 69.3 Å². The summed E-state index contributed by atoms with van der Waals surface area (Å²) in [6, 6.07) is 0. The SMILES string of the molecule is CCCCN(Cc1c(F)c(F)c(F)c(F)c1F)Cc1c(F)c(F)c(F)c(F)c1F.Cl. The van der Waals surface area contributed by atoms with Crippen molar-refractivity contribution in [1.29, 1.82) is 0 Å². The maximum Gasteiger partial charge on any atom is 0.200 e. The van der Waals surface area contributed by atoms with Crippen molar-refractivity contribution >= 4 is 12.4 Å². The van der Waals surface area contributed by atoms with E-state index >= 15 is 0 Å². The van der Waals surface area contributed by atoms with Gasteiger partial charge < -0.3 is 0 Å². The number of halogens is 11. The summed E-state index contributed by atoms with van der Waals surface area (Å²) in [5, 5.41) is 0. The van der Waals surface area contributed by atoms with Crippen molar-refractivity contribution in [2.24, 2.45) is 0 Å². The van der Waals surface area contributed by atoms with Crippen LogP contribution in [0.25, 0.3) is 0 Å². The second-order valence-corrected chi connectivity index (χ2v) is 6.16. The van der Waals surface area contributed by atoms with Gasteiger partial charge in [-0.05, 0) is 13.0 Å². The lowest BCUT2D eigenvalue weighted by Crippen LogP contribution is -2.27. The molecule has 12 heteroatoms. The van der Waals surface area contributed by atoms with Gasteiger partial charge in [-0.25, -0.2) is 43.9 Å². The van der Waals surface area contributed by atoms with Crippen molar-refractivity contribution in [3.63, 3.8) is 0 Å². The fraction of sp³-hybridized carbons (Fsp3) is 0.333. The first-order valence-corrected chi connectivity index (χ1v) is 8.25. The van der Waals surface area contributed by atoms with Crippen LogP contribution in [0.15, 0.2) is 0 Å². The van der Waals surface area contributed by atoms with E-state index in [0.717, 1.165) is 4.90 Å². The van der Waals surface area contributed by atoms with Crippen LogP contribution in [0.5, 0.6) is 0 Å². The third-order valence-electron chi connectivity index (χ3n) is 4.19. The van der Waals surface area contributed by atoms with Gasteiger partial charge in [-0.3, -0.25) is 4.90 Å². The summed E-state index contributed by atoms with van der Waals surface area (Å²) in [4.78, 5) is 0.820.